The predicted molar refractivity (Wildman–Crippen MR) is 74.6 cm³/mol. The smallest absolute Gasteiger partial charge is 0.286 e. The van der Waals surface area contributed by atoms with Crippen LogP contribution in [0.15, 0.2) is 22.8 Å². The lowest BCUT2D eigenvalue weighted by molar-refractivity contribution is 0.0886. The third-order valence-electron chi connectivity index (χ3n) is 4.37. The van der Waals surface area contributed by atoms with Crippen LogP contribution in [0.5, 0.6) is 0 Å². The lowest BCUT2D eigenvalue weighted by Gasteiger charge is -2.35. The summed E-state index contributed by atoms with van der Waals surface area (Å²) in [7, 11) is 0. The van der Waals surface area contributed by atoms with Gasteiger partial charge in [-0.2, -0.15) is 0 Å². The summed E-state index contributed by atoms with van der Waals surface area (Å²) in [4.78, 5) is 14.3. The topological polar surface area (TPSA) is 54.7 Å². The molecule has 2 saturated heterocycles. The molecule has 1 amide bonds. The van der Waals surface area contributed by atoms with E-state index in [1.165, 1.54) is 12.7 Å². The van der Waals surface area contributed by atoms with E-state index in [4.69, 9.17) is 9.15 Å². The maximum Gasteiger partial charge on any atom is 0.286 e. The zero-order valence-corrected chi connectivity index (χ0v) is 11.7. The number of piperidine rings is 1. The maximum absolute atomic E-state index is 11.8. The molecule has 3 heterocycles. The van der Waals surface area contributed by atoms with Crippen LogP contribution in [0.2, 0.25) is 0 Å². The fourth-order valence-corrected chi connectivity index (χ4v) is 3.06. The first-order chi connectivity index (χ1) is 9.83. The minimum atomic E-state index is -0.110. The van der Waals surface area contributed by atoms with Crippen LogP contribution < -0.4 is 5.32 Å². The Morgan fingerprint density at radius 1 is 1.35 bits per heavy atom. The summed E-state index contributed by atoms with van der Waals surface area (Å²) >= 11 is 0. The third-order valence-corrected chi connectivity index (χ3v) is 4.37. The van der Waals surface area contributed by atoms with E-state index in [-0.39, 0.29) is 5.91 Å². The standard InChI is InChI=1S/C15H22N2O3/c18-15(14-2-1-8-20-14)16-10-12-3-6-17(7-4-12)13-5-9-19-11-13/h1-2,8,12-13H,3-7,9-11H2,(H,16,18)/t13-/m0/s1. The number of nitrogens with zero attached hydrogens (tertiary/aromatic N) is 1. The normalized spacial score (nSPS) is 24.9. The van der Waals surface area contributed by atoms with E-state index in [0.29, 0.717) is 17.7 Å². The van der Waals surface area contributed by atoms with Gasteiger partial charge in [0, 0.05) is 19.2 Å². The van der Waals surface area contributed by atoms with Crippen LogP contribution in [0, 0.1) is 5.92 Å². The molecule has 1 aromatic heterocycles. The van der Waals surface area contributed by atoms with Crippen LogP contribution in [-0.4, -0.2) is 49.7 Å². The molecule has 0 saturated carbocycles. The number of hydrogen-bond acceptors (Lipinski definition) is 4. The molecular formula is C15H22N2O3. The highest BCUT2D eigenvalue weighted by molar-refractivity contribution is 5.91. The molecule has 3 rings (SSSR count). The minimum absolute atomic E-state index is 0.110. The van der Waals surface area contributed by atoms with Gasteiger partial charge in [0.15, 0.2) is 5.76 Å². The van der Waals surface area contributed by atoms with Crippen LogP contribution in [0.1, 0.15) is 29.8 Å². The molecular weight excluding hydrogens is 256 g/mol. The first kappa shape index (κ1) is 13.6. The van der Waals surface area contributed by atoms with Crippen molar-refractivity contribution < 1.29 is 13.9 Å². The fourth-order valence-electron chi connectivity index (χ4n) is 3.06. The van der Waals surface area contributed by atoms with Crippen molar-refractivity contribution in [1.29, 1.82) is 0 Å². The molecule has 0 aliphatic carbocycles. The molecule has 20 heavy (non-hydrogen) atoms. The van der Waals surface area contributed by atoms with Crippen LogP contribution in [0.25, 0.3) is 0 Å². The number of rotatable bonds is 4. The lowest BCUT2D eigenvalue weighted by Crippen LogP contribution is -2.43. The third kappa shape index (κ3) is 3.22. The summed E-state index contributed by atoms with van der Waals surface area (Å²) < 4.78 is 10.5. The van der Waals surface area contributed by atoms with Gasteiger partial charge in [-0.3, -0.25) is 9.69 Å². The Bertz CT molecular complexity index is 418. The van der Waals surface area contributed by atoms with Gasteiger partial charge in [-0.05, 0) is 50.4 Å². The molecule has 5 heteroatoms. The van der Waals surface area contributed by atoms with Crippen LogP contribution in [0.4, 0.5) is 0 Å². The second-order valence-electron chi connectivity index (χ2n) is 5.68. The highest BCUT2D eigenvalue weighted by Crippen LogP contribution is 2.21. The highest BCUT2D eigenvalue weighted by Gasteiger charge is 2.27. The number of amides is 1. The number of furan rings is 1. The van der Waals surface area contributed by atoms with Gasteiger partial charge >= 0.3 is 0 Å². The van der Waals surface area contributed by atoms with Crippen molar-refractivity contribution >= 4 is 5.91 Å². The average molecular weight is 278 g/mol. The number of ether oxygens (including phenoxy) is 1. The van der Waals surface area contributed by atoms with E-state index in [0.717, 1.165) is 45.7 Å². The lowest BCUT2D eigenvalue weighted by atomic mass is 9.95. The van der Waals surface area contributed by atoms with Gasteiger partial charge in [0.05, 0.1) is 12.9 Å². The zero-order chi connectivity index (χ0) is 13.8. The van der Waals surface area contributed by atoms with Gasteiger partial charge in [0.1, 0.15) is 0 Å². The van der Waals surface area contributed by atoms with Crippen molar-refractivity contribution in [1.82, 2.24) is 10.2 Å². The van der Waals surface area contributed by atoms with Crippen LogP contribution in [0.3, 0.4) is 0 Å². The van der Waals surface area contributed by atoms with Crippen molar-refractivity contribution in [2.75, 3.05) is 32.8 Å². The van der Waals surface area contributed by atoms with Crippen molar-refractivity contribution in [3.8, 4) is 0 Å². The minimum Gasteiger partial charge on any atom is -0.459 e. The molecule has 0 spiro atoms. The van der Waals surface area contributed by atoms with Gasteiger partial charge in [0.2, 0.25) is 0 Å². The Morgan fingerprint density at radius 2 is 2.20 bits per heavy atom. The Kier molecular flexibility index (Phi) is 4.38. The SMILES string of the molecule is O=C(NCC1CCN([C@H]2CCOC2)CC1)c1ccco1. The summed E-state index contributed by atoms with van der Waals surface area (Å²) in [5.74, 6) is 0.861. The Hall–Kier alpha value is -1.33. The molecule has 0 unspecified atom stereocenters. The van der Waals surface area contributed by atoms with Gasteiger partial charge < -0.3 is 14.5 Å². The summed E-state index contributed by atoms with van der Waals surface area (Å²) in [5.41, 5.74) is 0. The highest BCUT2D eigenvalue weighted by atomic mass is 16.5. The van der Waals surface area contributed by atoms with Gasteiger partial charge in [-0.15, -0.1) is 0 Å². The van der Waals surface area contributed by atoms with Crippen molar-refractivity contribution in [2.24, 2.45) is 5.92 Å². The average Bonchev–Trinajstić information content (AvgIpc) is 3.18. The molecule has 110 valence electrons. The van der Waals surface area contributed by atoms with E-state index in [1.54, 1.807) is 12.1 Å². The van der Waals surface area contributed by atoms with E-state index < -0.39 is 0 Å². The van der Waals surface area contributed by atoms with Crippen LogP contribution in [-0.2, 0) is 4.74 Å². The summed E-state index contributed by atoms with van der Waals surface area (Å²) in [6, 6.07) is 4.04. The van der Waals surface area contributed by atoms with E-state index in [9.17, 15) is 4.79 Å². The van der Waals surface area contributed by atoms with Gasteiger partial charge in [-0.25, -0.2) is 0 Å². The molecule has 1 aromatic rings. The summed E-state index contributed by atoms with van der Waals surface area (Å²) in [6.45, 7) is 4.78. The molecule has 1 atom stereocenters. The molecule has 0 radical (unpaired) electrons. The van der Waals surface area contributed by atoms with E-state index in [1.807, 2.05) is 0 Å². The summed E-state index contributed by atoms with van der Waals surface area (Å²) in [5, 5.41) is 2.96. The molecule has 2 aliphatic rings. The molecule has 1 N–H and O–H groups in total. The van der Waals surface area contributed by atoms with E-state index in [2.05, 4.69) is 10.2 Å². The van der Waals surface area contributed by atoms with Gasteiger partial charge in [-0.1, -0.05) is 0 Å². The maximum atomic E-state index is 11.8. The number of nitrogens with one attached hydrogen (secondary N) is 1. The molecule has 2 fully saturated rings. The predicted octanol–water partition coefficient (Wildman–Crippen LogP) is 1.51. The number of hydrogen-bond donors (Lipinski definition) is 1. The Labute approximate surface area is 119 Å². The number of carbonyl (C=O) groups is 1. The summed E-state index contributed by atoms with van der Waals surface area (Å²) in [6.07, 6.45) is 4.99. The van der Waals surface area contributed by atoms with Crippen molar-refractivity contribution in [3.05, 3.63) is 24.2 Å². The van der Waals surface area contributed by atoms with Gasteiger partial charge in [0.25, 0.3) is 5.91 Å². The van der Waals surface area contributed by atoms with Crippen molar-refractivity contribution in [2.45, 2.75) is 25.3 Å². The molecule has 0 bridgehead atoms. The van der Waals surface area contributed by atoms with Crippen LogP contribution >= 0.6 is 0 Å². The number of carbonyl (C=O) groups excluding carboxylic acids is 1. The van der Waals surface area contributed by atoms with Crippen molar-refractivity contribution in [3.63, 3.8) is 0 Å². The largest absolute Gasteiger partial charge is 0.459 e. The second kappa shape index (κ2) is 6.41. The molecule has 5 nitrogen and oxygen atoms in total. The fraction of sp³-hybridized carbons (Fsp3) is 0.667. The first-order valence-electron chi connectivity index (χ1n) is 7.46. The second-order valence-corrected chi connectivity index (χ2v) is 5.68. The first-order valence-corrected chi connectivity index (χ1v) is 7.46. The van der Waals surface area contributed by atoms with E-state index >= 15 is 0 Å². The quantitative estimate of drug-likeness (QED) is 0.907. The molecule has 0 aromatic carbocycles. The zero-order valence-electron chi connectivity index (χ0n) is 11.7. The monoisotopic (exact) mass is 278 g/mol. The Morgan fingerprint density at radius 3 is 2.85 bits per heavy atom. The molecule has 2 aliphatic heterocycles. The Balaban J connectivity index is 1.39. The number of likely N-dealkylation sites (tertiary alicyclic amines) is 1.